The summed E-state index contributed by atoms with van der Waals surface area (Å²) in [6.45, 7) is 0. The molecule has 0 radical (unpaired) electrons. The number of hydrogen-bond donors (Lipinski definition) is 2. The van der Waals surface area contributed by atoms with Crippen molar-refractivity contribution in [1.29, 1.82) is 0 Å². The highest BCUT2D eigenvalue weighted by molar-refractivity contribution is 7.90. The summed E-state index contributed by atoms with van der Waals surface area (Å²) < 4.78 is 23.7. The fourth-order valence-electron chi connectivity index (χ4n) is 3.75. The smallest absolute Gasteiger partial charge is 0.309 e. The van der Waals surface area contributed by atoms with Crippen molar-refractivity contribution in [3.8, 4) is 0 Å². The molecule has 1 fully saturated rings. The van der Waals surface area contributed by atoms with Gasteiger partial charge in [0.05, 0.1) is 22.9 Å². The zero-order valence-electron chi connectivity index (χ0n) is 16.4. The van der Waals surface area contributed by atoms with Gasteiger partial charge in [0.2, 0.25) is 5.91 Å². The molecule has 2 aromatic rings. The number of aromatic nitrogens is 1. The van der Waals surface area contributed by atoms with Crippen molar-refractivity contribution in [2.45, 2.75) is 49.3 Å². The predicted molar refractivity (Wildman–Crippen MR) is 116 cm³/mol. The van der Waals surface area contributed by atoms with E-state index in [2.05, 4.69) is 10.3 Å². The molecule has 1 aliphatic rings. The van der Waals surface area contributed by atoms with Crippen molar-refractivity contribution in [3.05, 3.63) is 39.9 Å². The van der Waals surface area contributed by atoms with Crippen LogP contribution >= 0.6 is 22.9 Å². The molecule has 30 heavy (non-hydrogen) atoms. The number of hydrogen-bond acceptors (Lipinski definition) is 6. The number of carboxylic acid groups (broad SMARTS) is 1. The summed E-state index contributed by atoms with van der Waals surface area (Å²) in [4.78, 5) is 28.4. The van der Waals surface area contributed by atoms with Crippen molar-refractivity contribution < 1.29 is 23.1 Å². The highest BCUT2D eigenvalue weighted by Gasteiger charge is 2.28. The van der Waals surface area contributed by atoms with Crippen LogP contribution in [-0.2, 0) is 25.8 Å². The fraction of sp³-hybridized carbons (Fsp3) is 0.450. The Bertz CT molecular complexity index is 1030. The number of thiazole rings is 1. The average molecular weight is 471 g/mol. The second kappa shape index (κ2) is 9.45. The second-order valence-electron chi connectivity index (χ2n) is 7.58. The van der Waals surface area contributed by atoms with Crippen LogP contribution in [0.1, 0.15) is 49.3 Å². The van der Waals surface area contributed by atoms with Gasteiger partial charge in [-0.05, 0) is 30.0 Å². The van der Waals surface area contributed by atoms with E-state index in [-0.39, 0.29) is 32.4 Å². The van der Waals surface area contributed by atoms with Crippen LogP contribution in [0.4, 0.5) is 5.13 Å². The lowest BCUT2D eigenvalue weighted by atomic mass is 9.87. The lowest BCUT2D eigenvalue weighted by molar-refractivity contribution is -0.136. The Morgan fingerprint density at radius 1 is 1.27 bits per heavy atom. The van der Waals surface area contributed by atoms with Crippen LogP contribution in [0.15, 0.2) is 29.2 Å². The maximum Gasteiger partial charge on any atom is 0.309 e. The minimum Gasteiger partial charge on any atom is -0.481 e. The summed E-state index contributed by atoms with van der Waals surface area (Å²) in [7, 11) is -3.32. The van der Waals surface area contributed by atoms with Gasteiger partial charge in [-0.25, -0.2) is 13.4 Å². The monoisotopic (exact) mass is 470 g/mol. The van der Waals surface area contributed by atoms with E-state index in [1.165, 1.54) is 12.1 Å². The van der Waals surface area contributed by atoms with Crippen molar-refractivity contribution in [2.75, 3.05) is 11.6 Å². The van der Waals surface area contributed by atoms with Crippen LogP contribution in [-0.4, -0.2) is 36.6 Å². The number of nitrogens with zero attached hydrogens (tertiary/aromatic N) is 1. The Morgan fingerprint density at radius 3 is 2.47 bits per heavy atom. The van der Waals surface area contributed by atoms with E-state index in [9.17, 15) is 18.0 Å². The SMILES string of the molecule is CS(=O)(=O)c1ccc(C(CC2CCCC2)C(=O)Nc2nc(CC(=O)O)c(Cl)s2)cc1. The summed E-state index contributed by atoms with van der Waals surface area (Å²) in [5.41, 5.74) is 0.953. The summed E-state index contributed by atoms with van der Waals surface area (Å²) in [6, 6.07) is 6.40. The number of sulfone groups is 1. The van der Waals surface area contributed by atoms with Gasteiger partial charge >= 0.3 is 5.97 Å². The Morgan fingerprint density at radius 2 is 1.90 bits per heavy atom. The van der Waals surface area contributed by atoms with E-state index in [1.54, 1.807) is 12.1 Å². The number of carboxylic acids is 1. The molecule has 1 saturated carbocycles. The number of amides is 1. The Balaban J connectivity index is 1.82. The van der Waals surface area contributed by atoms with Crippen molar-refractivity contribution in [3.63, 3.8) is 0 Å². The number of anilines is 1. The number of aliphatic carboxylic acids is 1. The fourth-order valence-corrected chi connectivity index (χ4v) is 5.42. The molecule has 7 nitrogen and oxygen atoms in total. The summed E-state index contributed by atoms with van der Waals surface area (Å²) in [5.74, 6) is -1.35. The van der Waals surface area contributed by atoms with E-state index in [0.29, 0.717) is 12.3 Å². The van der Waals surface area contributed by atoms with E-state index >= 15 is 0 Å². The van der Waals surface area contributed by atoms with Crippen molar-refractivity contribution in [2.24, 2.45) is 5.92 Å². The van der Waals surface area contributed by atoms with Crippen LogP contribution < -0.4 is 5.32 Å². The van der Waals surface area contributed by atoms with Crippen LogP contribution in [0, 0.1) is 5.92 Å². The normalized spacial score (nSPS) is 15.8. The third-order valence-electron chi connectivity index (χ3n) is 5.27. The maximum atomic E-state index is 13.1. The Kier molecular flexibility index (Phi) is 7.15. The molecule has 1 unspecified atom stereocenters. The molecular weight excluding hydrogens is 448 g/mol. The summed E-state index contributed by atoms with van der Waals surface area (Å²) in [6.07, 6.45) is 5.91. The van der Waals surface area contributed by atoms with E-state index in [0.717, 1.165) is 48.8 Å². The zero-order chi connectivity index (χ0) is 21.9. The molecule has 1 amide bonds. The van der Waals surface area contributed by atoms with Crippen LogP contribution in [0.25, 0.3) is 0 Å². The quantitative estimate of drug-likeness (QED) is 0.599. The molecule has 0 bridgehead atoms. The lowest BCUT2D eigenvalue weighted by Gasteiger charge is -2.20. The number of nitrogens with one attached hydrogen (secondary N) is 1. The molecular formula is C20H23ClN2O5S2. The van der Waals surface area contributed by atoms with Crippen molar-refractivity contribution >= 4 is 49.8 Å². The molecule has 162 valence electrons. The molecule has 1 heterocycles. The standard InChI is InChI=1S/C20H23ClN2O5S2/c1-30(27,28)14-8-6-13(7-9-14)15(10-12-4-2-3-5-12)19(26)23-20-22-16(11-17(24)25)18(21)29-20/h6-9,12,15H,2-5,10-11H2,1H3,(H,24,25)(H,22,23,26). The topological polar surface area (TPSA) is 113 Å². The third kappa shape index (κ3) is 5.80. The van der Waals surface area contributed by atoms with Crippen LogP contribution in [0.3, 0.4) is 0 Å². The maximum absolute atomic E-state index is 13.1. The number of benzene rings is 1. The summed E-state index contributed by atoms with van der Waals surface area (Å²) in [5, 5.41) is 12.0. The zero-order valence-corrected chi connectivity index (χ0v) is 18.8. The minimum absolute atomic E-state index is 0.205. The van der Waals surface area contributed by atoms with Gasteiger partial charge in [-0.1, -0.05) is 60.8 Å². The van der Waals surface area contributed by atoms with Gasteiger partial charge in [0, 0.05) is 6.26 Å². The average Bonchev–Trinajstić information content (AvgIpc) is 3.28. The molecule has 1 atom stereocenters. The van der Waals surface area contributed by atoms with Gasteiger partial charge < -0.3 is 10.4 Å². The van der Waals surface area contributed by atoms with E-state index in [4.69, 9.17) is 16.7 Å². The first-order valence-corrected chi connectivity index (χ1v) is 12.7. The highest BCUT2D eigenvalue weighted by atomic mass is 35.5. The Hall–Kier alpha value is -1.97. The van der Waals surface area contributed by atoms with E-state index in [1.807, 2.05) is 0 Å². The molecule has 2 N–H and O–H groups in total. The Labute approximate surface area is 184 Å². The molecule has 10 heteroatoms. The van der Waals surface area contributed by atoms with Gasteiger partial charge in [-0.15, -0.1) is 0 Å². The predicted octanol–water partition coefficient (Wildman–Crippen LogP) is 4.13. The highest BCUT2D eigenvalue weighted by Crippen LogP contribution is 2.36. The molecule has 3 rings (SSSR count). The first kappa shape index (κ1) is 22.7. The first-order valence-electron chi connectivity index (χ1n) is 9.61. The molecule has 1 aromatic carbocycles. The van der Waals surface area contributed by atoms with Gasteiger partial charge in [0.15, 0.2) is 15.0 Å². The largest absolute Gasteiger partial charge is 0.481 e. The van der Waals surface area contributed by atoms with Crippen LogP contribution in [0.5, 0.6) is 0 Å². The van der Waals surface area contributed by atoms with Gasteiger partial charge in [-0.3, -0.25) is 9.59 Å². The molecule has 0 saturated heterocycles. The van der Waals surface area contributed by atoms with Gasteiger partial charge in [0.1, 0.15) is 4.34 Å². The minimum atomic E-state index is -3.32. The number of carbonyl (C=O) groups is 2. The molecule has 1 aliphatic carbocycles. The summed E-state index contributed by atoms with van der Waals surface area (Å²) >= 11 is 7.08. The first-order chi connectivity index (χ1) is 14.1. The lowest BCUT2D eigenvalue weighted by Crippen LogP contribution is -2.23. The van der Waals surface area contributed by atoms with Gasteiger partial charge in [-0.2, -0.15) is 0 Å². The van der Waals surface area contributed by atoms with Gasteiger partial charge in [0.25, 0.3) is 0 Å². The molecule has 1 aromatic heterocycles. The second-order valence-corrected chi connectivity index (χ2v) is 11.2. The molecule has 0 spiro atoms. The van der Waals surface area contributed by atoms with Crippen LogP contribution in [0.2, 0.25) is 4.34 Å². The number of halogens is 1. The molecule has 0 aliphatic heterocycles. The number of carbonyl (C=O) groups excluding carboxylic acids is 1. The third-order valence-corrected chi connectivity index (χ3v) is 7.65. The number of rotatable bonds is 8. The van der Waals surface area contributed by atoms with E-state index < -0.39 is 21.7 Å². The van der Waals surface area contributed by atoms with Crippen molar-refractivity contribution in [1.82, 2.24) is 4.98 Å².